The van der Waals surface area contributed by atoms with Crippen molar-refractivity contribution < 1.29 is 0 Å². The van der Waals surface area contributed by atoms with Crippen LogP contribution in [-0.4, -0.2) is 20.2 Å². The second-order valence-corrected chi connectivity index (χ2v) is 3.13. The molecule has 0 aliphatic rings. The minimum atomic E-state index is 1.05. The van der Waals surface area contributed by atoms with E-state index in [1.54, 1.807) is 11.0 Å². The second-order valence-electron chi connectivity index (χ2n) is 3.13. The Morgan fingerprint density at radius 2 is 2.14 bits per heavy atom. The predicted molar refractivity (Wildman–Crippen MR) is 53.1 cm³/mol. The zero-order valence-electron chi connectivity index (χ0n) is 8.09. The number of rotatable bonds is 3. The molecule has 0 atom stereocenters. The minimum Gasteiger partial charge on any atom is -0.200 e. The van der Waals surface area contributed by atoms with Gasteiger partial charge in [0.1, 0.15) is 6.33 Å². The number of hydrogen-bond acceptors (Lipinski definition) is 3. The first-order valence-electron chi connectivity index (χ1n) is 4.73. The fraction of sp³-hybridized carbons (Fsp3) is 0.300. The molecule has 0 fully saturated rings. The maximum absolute atomic E-state index is 3.88. The molecule has 72 valence electrons. The van der Waals surface area contributed by atoms with Gasteiger partial charge in [0.05, 0.1) is 5.69 Å². The third kappa shape index (κ3) is 1.64. The van der Waals surface area contributed by atoms with E-state index in [9.17, 15) is 0 Å². The van der Waals surface area contributed by atoms with Gasteiger partial charge in [-0.15, -0.1) is 5.10 Å². The molecule has 0 unspecified atom stereocenters. The molecule has 0 saturated carbocycles. The molecule has 4 heteroatoms. The molecule has 0 N–H and O–H groups in total. The lowest BCUT2D eigenvalue weighted by Crippen LogP contribution is -2.00. The number of aryl methyl sites for hydroxylation is 1. The first-order chi connectivity index (χ1) is 6.92. The molecule has 14 heavy (non-hydrogen) atoms. The Morgan fingerprint density at radius 3 is 2.86 bits per heavy atom. The van der Waals surface area contributed by atoms with Crippen LogP contribution in [0, 0.1) is 0 Å². The Bertz CT molecular complexity index is 394. The average Bonchev–Trinajstić information content (AvgIpc) is 2.72. The first kappa shape index (κ1) is 8.87. The Hall–Kier alpha value is -1.71. The Morgan fingerprint density at radius 1 is 1.29 bits per heavy atom. The molecule has 0 spiro atoms. The molecule has 0 aliphatic heterocycles. The van der Waals surface area contributed by atoms with Crippen molar-refractivity contribution in [3.05, 3.63) is 36.2 Å². The molecule has 1 heterocycles. The summed E-state index contributed by atoms with van der Waals surface area (Å²) < 4.78 is 1.70. The van der Waals surface area contributed by atoms with Gasteiger partial charge in [-0.1, -0.05) is 31.5 Å². The number of tetrazole rings is 1. The van der Waals surface area contributed by atoms with E-state index in [2.05, 4.69) is 28.5 Å². The lowest BCUT2D eigenvalue weighted by Gasteiger charge is -2.06. The van der Waals surface area contributed by atoms with Gasteiger partial charge in [-0.05, 0) is 28.5 Å². The van der Waals surface area contributed by atoms with Crippen molar-refractivity contribution in [3.8, 4) is 5.69 Å². The van der Waals surface area contributed by atoms with Crippen LogP contribution in [0.15, 0.2) is 30.6 Å². The van der Waals surface area contributed by atoms with Crippen LogP contribution in [0.1, 0.15) is 18.9 Å². The normalized spacial score (nSPS) is 10.4. The summed E-state index contributed by atoms with van der Waals surface area (Å²) in [4.78, 5) is 0. The predicted octanol–water partition coefficient (Wildman–Crippen LogP) is 1.61. The lowest BCUT2D eigenvalue weighted by molar-refractivity contribution is 0.775. The lowest BCUT2D eigenvalue weighted by atomic mass is 10.1. The second kappa shape index (κ2) is 4.00. The number of benzene rings is 1. The SMILES string of the molecule is CCCc1ccccc1-n1cnnn1. The zero-order chi connectivity index (χ0) is 9.80. The van der Waals surface area contributed by atoms with Crippen LogP contribution >= 0.6 is 0 Å². The summed E-state index contributed by atoms with van der Waals surface area (Å²) in [6.45, 7) is 2.16. The van der Waals surface area contributed by atoms with Crippen molar-refractivity contribution in [1.82, 2.24) is 20.2 Å². The Balaban J connectivity index is 2.42. The first-order valence-corrected chi connectivity index (χ1v) is 4.73. The largest absolute Gasteiger partial charge is 0.200 e. The summed E-state index contributed by atoms with van der Waals surface area (Å²) in [7, 11) is 0. The van der Waals surface area contributed by atoms with E-state index in [1.165, 1.54) is 5.56 Å². The van der Waals surface area contributed by atoms with Gasteiger partial charge in [0, 0.05) is 0 Å². The molecule has 2 aromatic rings. The molecule has 1 aromatic carbocycles. The van der Waals surface area contributed by atoms with Crippen molar-refractivity contribution in [2.24, 2.45) is 0 Å². The summed E-state index contributed by atoms with van der Waals surface area (Å²) >= 11 is 0. The third-order valence-corrected chi connectivity index (χ3v) is 2.11. The van der Waals surface area contributed by atoms with Crippen molar-refractivity contribution in [1.29, 1.82) is 0 Å². The number of hydrogen-bond donors (Lipinski definition) is 0. The van der Waals surface area contributed by atoms with Crippen molar-refractivity contribution in [2.45, 2.75) is 19.8 Å². The van der Waals surface area contributed by atoms with Crippen molar-refractivity contribution in [3.63, 3.8) is 0 Å². The minimum absolute atomic E-state index is 1.05. The van der Waals surface area contributed by atoms with E-state index < -0.39 is 0 Å². The highest BCUT2D eigenvalue weighted by molar-refractivity contribution is 5.39. The number of nitrogens with zero attached hydrogens (tertiary/aromatic N) is 4. The molecule has 2 rings (SSSR count). The van der Waals surface area contributed by atoms with E-state index in [1.807, 2.05) is 18.2 Å². The highest BCUT2D eigenvalue weighted by Gasteiger charge is 2.03. The van der Waals surface area contributed by atoms with Crippen LogP contribution in [0.4, 0.5) is 0 Å². The molecule has 4 nitrogen and oxygen atoms in total. The summed E-state index contributed by atoms with van der Waals surface area (Å²) in [5.74, 6) is 0. The van der Waals surface area contributed by atoms with Crippen LogP contribution in [0.25, 0.3) is 5.69 Å². The van der Waals surface area contributed by atoms with Gasteiger partial charge in [0.2, 0.25) is 0 Å². The zero-order valence-corrected chi connectivity index (χ0v) is 8.09. The molecule has 1 aromatic heterocycles. The number of para-hydroxylation sites is 1. The van der Waals surface area contributed by atoms with Crippen LogP contribution in [0.2, 0.25) is 0 Å². The Labute approximate surface area is 82.6 Å². The fourth-order valence-electron chi connectivity index (χ4n) is 1.49. The summed E-state index contributed by atoms with van der Waals surface area (Å²) in [5.41, 5.74) is 2.35. The van der Waals surface area contributed by atoms with Crippen molar-refractivity contribution in [2.75, 3.05) is 0 Å². The smallest absolute Gasteiger partial charge is 0.143 e. The van der Waals surface area contributed by atoms with Gasteiger partial charge in [0.25, 0.3) is 0 Å². The van der Waals surface area contributed by atoms with Crippen LogP contribution in [0.3, 0.4) is 0 Å². The van der Waals surface area contributed by atoms with Gasteiger partial charge < -0.3 is 0 Å². The van der Waals surface area contributed by atoms with E-state index in [0.717, 1.165) is 18.5 Å². The quantitative estimate of drug-likeness (QED) is 0.735. The standard InChI is InChI=1S/C10H12N4/c1-2-5-9-6-3-4-7-10(9)14-8-11-12-13-14/h3-4,6-8H,2,5H2,1H3. The molecular formula is C10H12N4. The van der Waals surface area contributed by atoms with E-state index in [0.29, 0.717) is 0 Å². The van der Waals surface area contributed by atoms with Gasteiger partial charge in [-0.3, -0.25) is 0 Å². The molecule has 0 radical (unpaired) electrons. The van der Waals surface area contributed by atoms with Crippen LogP contribution in [-0.2, 0) is 6.42 Å². The molecule has 0 aliphatic carbocycles. The molecular weight excluding hydrogens is 176 g/mol. The maximum Gasteiger partial charge on any atom is 0.143 e. The average molecular weight is 188 g/mol. The van der Waals surface area contributed by atoms with E-state index >= 15 is 0 Å². The monoisotopic (exact) mass is 188 g/mol. The topological polar surface area (TPSA) is 43.6 Å². The molecule has 0 amide bonds. The number of aromatic nitrogens is 4. The van der Waals surface area contributed by atoms with Gasteiger partial charge in [-0.25, -0.2) is 4.68 Å². The summed E-state index contributed by atoms with van der Waals surface area (Å²) in [6.07, 6.45) is 3.80. The van der Waals surface area contributed by atoms with Gasteiger partial charge in [0.15, 0.2) is 0 Å². The van der Waals surface area contributed by atoms with Crippen molar-refractivity contribution >= 4 is 0 Å². The summed E-state index contributed by atoms with van der Waals surface area (Å²) in [6, 6.07) is 8.18. The van der Waals surface area contributed by atoms with Crippen LogP contribution in [0.5, 0.6) is 0 Å². The molecule has 0 saturated heterocycles. The van der Waals surface area contributed by atoms with E-state index in [4.69, 9.17) is 0 Å². The van der Waals surface area contributed by atoms with Crippen LogP contribution < -0.4 is 0 Å². The summed E-state index contributed by atoms with van der Waals surface area (Å²) in [5, 5.41) is 11.1. The highest BCUT2D eigenvalue weighted by Crippen LogP contribution is 2.13. The highest BCUT2D eigenvalue weighted by atomic mass is 15.5. The third-order valence-electron chi connectivity index (χ3n) is 2.11. The fourth-order valence-corrected chi connectivity index (χ4v) is 1.49. The maximum atomic E-state index is 3.88. The van der Waals surface area contributed by atoms with Gasteiger partial charge >= 0.3 is 0 Å². The Kier molecular flexibility index (Phi) is 2.53. The molecule has 0 bridgehead atoms. The van der Waals surface area contributed by atoms with Gasteiger partial charge in [-0.2, -0.15) is 0 Å². The van der Waals surface area contributed by atoms with E-state index in [-0.39, 0.29) is 0 Å².